The predicted octanol–water partition coefficient (Wildman–Crippen LogP) is 2.78. The summed E-state index contributed by atoms with van der Waals surface area (Å²) in [5, 5.41) is 11.4. The number of rotatable bonds is 1. The minimum Gasteiger partial charge on any atom is -0.387 e. The van der Waals surface area contributed by atoms with Gasteiger partial charge in [-0.1, -0.05) is 20.8 Å². The number of hydrogen-bond acceptors (Lipinski definition) is 3. The van der Waals surface area contributed by atoms with Gasteiger partial charge in [-0.15, -0.1) is 11.8 Å². The second kappa shape index (κ2) is 3.98. The summed E-state index contributed by atoms with van der Waals surface area (Å²) in [5.74, 6) is 2.44. The maximum Gasteiger partial charge on any atom is 0.109 e. The average Bonchev–Trinajstić information content (AvgIpc) is 2.61. The fraction of sp³-hybridized carbons (Fsp3) is 1.00. The first kappa shape index (κ1) is 13.4. The van der Waals surface area contributed by atoms with Gasteiger partial charge < -0.3 is 5.11 Å². The quantitative estimate of drug-likeness (QED) is 0.806. The summed E-state index contributed by atoms with van der Waals surface area (Å²) in [6, 6.07) is 0. The molecule has 2 nitrogen and oxygen atoms in total. The SMILES string of the molecule is CC1(C)[C@@H]2CC[C@@]1(C)[C@@](O)([C@@H]1SCCC[S@@]1=O)C2. The summed E-state index contributed by atoms with van der Waals surface area (Å²) in [6.45, 7) is 6.85. The Hall–Kier alpha value is 0.460. The molecule has 0 aromatic rings. The van der Waals surface area contributed by atoms with Gasteiger partial charge in [0.05, 0.1) is 5.60 Å². The lowest BCUT2D eigenvalue weighted by Gasteiger charge is -2.49. The van der Waals surface area contributed by atoms with Gasteiger partial charge in [0.15, 0.2) is 0 Å². The van der Waals surface area contributed by atoms with E-state index < -0.39 is 16.4 Å². The molecule has 2 saturated carbocycles. The largest absolute Gasteiger partial charge is 0.387 e. The lowest BCUT2D eigenvalue weighted by atomic mass is 9.65. The van der Waals surface area contributed by atoms with Gasteiger partial charge in [-0.05, 0) is 42.8 Å². The van der Waals surface area contributed by atoms with Crippen LogP contribution in [0.5, 0.6) is 0 Å². The summed E-state index contributed by atoms with van der Waals surface area (Å²) >= 11 is 1.76. The van der Waals surface area contributed by atoms with Crippen molar-refractivity contribution in [2.45, 2.75) is 56.6 Å². The highest BCUT2D eigenvalue weighted by Gasteiger charge is 2.71. The van der Waals surface area contributed by atoms with Crippen LogP contribution in [0, 0.1) is 16.7 Å². The van der Waals surface area contributed by atoms with Crippen molar-refractivity contribution in [1.29, 1.82) is 0 Å². The van der Waals surface area contributed by atoms with E-state index in [0.29, 0.717) is 5.92 Å². The molecule has 0 unspecified atom stereocenters. The van der Waals surface area contributed by atoms with E-state index in [1.54, 1.807) is 11.8 Å². The van der Waals surface area contributed by atoms with Crippen molar-refractivity contribution in [2.75, 3.05) is 11.5 Å². The van der Waals surface area contributed by atoms with Crippen molar-refractivity contribution in [3.8, 4) is 0 Å². The second-order valence-electron chi connectivity index (χ2n) is 7.06. The van der Waals surface area contributed by atoms with E-state index in [1.807, 2.05) is 0 Å². The number of thioether (sulfide) groups is 1. The van der Waals surface area contributed by atoms with Gasteiger partial charge in [-0.3, -0.25) is 4.21 Å². The van der Waals surface area contributed by atoms with Crippen molar-refractivity contribution in [3.63, 3.8) is 0 Å². The third-order valence-corrected chi connectivity index (χ3v) is 10.2. The first-order chi connectivity index (χ1) is 8.33. The van der Waals surface area contributed by atoms with Crippen LogP contribution >= 0.6 is 11.8 Å². The van der Waals surface area contributed by atoms with E-state index in [0.717, 1.165) is 30.8 Å². The maximum atomic E-state index is 12.3. The molecular formula is C14H24O2S2. The minimum atomic E-state index is -0.855. The molecule has 4 heteroatoms. The second-order valence-corrected chi connectivity index (χ2v) is 10.2. The molecule has 104 valence electrons. The third-order valence-electron chi connectivity index (χ3n) is 6.34. The zero-order valence-electron chi connectivity index (χ0n) is 11.6. The van der Waals surface area contributed by atoms with Gasteiger partial charge in [0.2, 0.25) is 0 Å². The molecule has 2 aliphatic carbocycles. The van der Waals surface area contributed by atoms with E-state index in [2.05, 4.69) is 20.8 Å². The van der Waals surface area contributed by atoms with Gasteiger partial charge in [0.1, 0.15) is 4.58 Å². The van der Waals surface area contributed by atoms with Crippen LogP contribution in [0.4, 0.5) is 0 Å². The Morgan fingerprint density at radius 2 is 2.06 bits per heavy atom. The highest BCUT2D eigenvalue weighted by molar-refractivity contribution is 8.12. The Balaban J connectivity index is 1.99. The van der Waals surface area contributed by atoms with Gasteiger partial charge in [-0.25, -0.2) is 0 Å². The first-order valence-electron chi connectivity index (χ1n) is 7.04. The molecule has 0 spiro atoms. The molecular weight excluding hydrogens is 264 g/mol. The van der Waals surface area contributed by atoms with Crippen LogP contribution in [0.2, 0.25) is 0 Å². The summed E-state index contributed by atoms with van der Waals surface area (Å²) in [4.78, 5) is 0. The number of hydrogen-bond donors (Lipinski definition) is 1. The summed E-state index contributed by atoms with van der Waals surface area (Å²) < 4.78 is 12.3. The Morgan fingerprint density at radius 1 is 1.33 bits per heavy atom. The molecule has 1 heterocycles. The molecule has 0 aromatic carbocycles. The molecule has 1 aliphatic heterocycles. The zero-order chi connectivity index (χ0) is 13.2. The van der Waals surface area contributed by atoms with Crippen LogP contribution in [0.1, 0.15) is 46.5 Å². The van der Waals surface area contributed by atoms with Crippen LogP contribution in [0.25, 0.3) is 0 Å². The van der Waals surface area contributed by atoms with Crippen LogP contribution in [0.15, 0.2) is 0 Å². The molecule has 0 amide bonds. The average molecular weight is 288 g/mol. The first-order valence-corrected chi connectivity index (χ1v) is 9.47. The molecule has 1 N–H and O–H groups in total. The molecule has 18 heavy (non-hydrogen) atoms. The zero-order valence-corrected chi connectivity index (χ0v) is 13.2. The van der Waals surface area contributed by atoms with Gasteiger partial charge in [-0.2, -0.15) is 0 Å². The molecule has 0 radical (unpaired) electrons. The standard InChI is InChI=1S/C14H24O2S2/c1-12(2)10-5-6-13(12,3)14(15,9-10)11-17-7-4-8-18(11)16/h10-11,15H,4-9H2,1-3H3/t10-,11-,13-,14+,18+/m1/s1. The van der Waals surface area contributed by atoms with E-state index in [9.17, 15) is 9.32 Å². The normalized spacial score (nSPS) is 54.8. The summed E-state index contributed by atoms with van der Waals surface area (Å²) in [6.07, 6.45) is 4.22. The monoisotopic (exact) mass is 288 g/mol. The molecule has 3 rings (SSSR count). The Morgan fingerprint density at radius 3 is 2.56 bits per heavy atom. The van der Waals surface area contributed by atoms with Gasteiger partial charge in [0, 0.05) is 22.0 Å². The van der Waals surface area contributed by atoms with E-state index in [-0.39, 0.29) is 15.4 Å². The smallest absolute Gasteiger partial charge is 0.109 e. The molecule has 2 bridgehead atoms. The minimum absolute atomic E-state index is 0.0548. The van der Waals surface area contributed by atoms with E-state index in [1.165, 1.54) is 6.42 Å². The lowest BCUT2D eigenvalue weighted by molar-refractivity contribution is -0.0771. The fourth-order valence-electron chi connectivity index (χ4n) is 4.62. The highest BCUT2D eigenvalue weighted by Crippen LogP contribution is 2.71. The Kier molecular flexibility index (Phi) is 2.98. The predicted molar refractivity (Wildman–Crippen MR) is 78.1 cm³/mol. The van der Waals surface area contributed by atoms with Crippen LogP contribution < -0.4 is 0 Å². The summed E-state index contributed by atoms with van der Waals surface area (Å²) in [7, 11) is -0.855. The highest BCUT2D eigenvalue weighted by atomic mass is 32.2. The topological polar surface area (TPSA) is 37.3 Å². The Labute approximate surface area is 117 Å². The van der Waals surface area contributed by atoms with E-state index in [4.69, 9.17) is 0 Å². The Bertz CT molecular complexity index is 395. The number of fused-ring (bicyclic) bond motifs is 2. The van der Waals surface area contributed by atoms with Crippen molar-refractivity contribution >= 4 is 22.6 Å². The molecule has 5 atom stereocenters. The number of aliphatic hydroxyl groups is 1. The van der Waals surface area contributed by atoms with Crippen molar-refractivity contribution < 1.29 is 9.32 Å². The van der Waals surface area contributed by atoms with Crippen molar-refractivity contribution in [2.24, 2.45) is 16.7 Å². The third kappa shape index (κ3) is 1.43. The van der Waals surface area contributed by atoms with Gasteiger partial charge >= 0.3 is 0 Å². The van der Waals surface area contributed by atoms with Gasteiger partial charge in [0.25, 0.3) is 0 Å². The van der Waals surface area contributed by atoms with E-state index >= 15 is 0 Å². The summed E-state index contributed by atoms with van der Waals surface area (Å²) in [5.41, 5.74) is -0.589. The van der Waals surface area contributed by atoms with Crippen molar-refractivity contribution in [3.05, 3.63) is 0 Å². The fourth-order valence-corrected chi connectivity index (χ4v) is 8.57. The van der Waals surface area contributed by atoms with Crippen LogP contribution in [0.3, 0.4) is 0 Å². The van der Waals surface area contributed by atoms with Crippen molar-refractivity contribution in [1.82, 2.24) is 0 Å². The molecule has 0 aromatic heterocycles. The molecule has 3 fully saturated rings. The lowest BCUT2D eigenvalue weighted by Crippen LogP contribution is -2.56. The molecule has 1 saturated heterocycles. The van der Waals surface area contributed by atoms with Crippen LogP contribution in [-0.2, 0) is 10.8 Å². The molecule has 3 aliphatic rings. The van der Waals surface area contributed by atoms with Crippen LogP contribution in [-0.4, -0.2) is 31.0 Å². The maximum absolute atomic E-state index is 12.3.